The number of amides is 1. The molecule has 1 heterocycles. The van der Waals surface area contributed by atoms with E-state index in [1.54, 1.807) is 25.7 Å². The standard InChI is InChI=1S/C16H22F2N2O2/c1-16(2,3)22-15(21)20-5-4-14(19)13(9-20)10-6-11(17)8-12(18)7-10/h6-8,13-14H,4-5,9,19H2,1-3H3/t13-,14+/m0/s1. The van der Waals surface area contributed by atoms with Crippen molar-refractivity contribution in [3.05, 3.63) is 35.4 Å². The number of benzene rings is 1. The van der Waals surface area contributed by atoms with E-state index >= 15 is 0 Å². The fraction of sp³-hybridized carbons (Fsp3) is 0.562. The predicted molar refractivity (Wildman–Crippen MR) is 79.5 cm³/mol. The SMILES string of the molecule is CC(C)(C)OC(=O)N1CC[C@@H](N)[C@H](c2cc(F)cc(F)c2)C1. The van der Waals surface area contributed by atoms with Gasteiger partial charge in [-0.2, -0.15) is 0 Å². The highest BCUT2D eigenvalue weighted by molar-refractivity contribution is 5.68. The van der Waals surface area contributed by atoms with Crippen molar-refractivity contribution in [1.82, 2.24) is 4.90 Å². The average Bonchev–Trinajstić information content (AvgIpc) is 2.35. The Morgan fingerprint density at radius 2 is 1.86 bits per heavy atom. The Bertz CT molecular complexity index is 537. The Balaban J connectivity index is 2.16. The molecular weight excluding hydrogens is 290 g/mol. The highest BCUT2D eigenvalue weighted by Crippen LogP contribution is 2.28. The van der Waals surface area contributed by atoms with Crippen LogP contribution in [-0.2, 0) is 4.74 Å². The quantitative estimate of drug-likeness (QED) is 0.867. The molecule has 0 saturated carbocycles. The molecule has 0 unspecified atom stereocenters. The predicted octanol–water partition coefficient (Wildman–Crippen LogP) is 3.02. The molecule has 1 saturated heterocycles. The first-order chi connectivity index (χ1) is 10.2. The molecule has 22 heavy (non-hydrogen) atoms. The molecule has 0 radical (unpaired) electrons. The molecule has 0 aromatic heterocycles. The van der Waals surface area contributed by atoms with Gasteiger partial charge in [0, 0.05) is 31.1 Å². The first-order valence-corrected chi connectivity index (χ1v) is 7.35. The Kier molecular flexibility index (Phi) is 4.70. The maximum Gasteiger partial charge on any atom is 0.410 e. The third-order valence-electron chi connectivity index (χ3n) is 3.63. The van der Waals surface area contributed by atoms with Crippen LogP contribution in [0.2, 0.25) is 0 Å². The van der Waals surface area contributed by atoms with Crippen LogP contribution in [0.15, 0.2) is 18.2 Å². The van der Waals surface area contributed by atoms with Gasteiger partial charge in [0.05, 0.1) is 0 Å². The summed E-state index contributed by atoms with van der Waals surface area (Å²) in [6.45, 7) is 6.14. The van der Waals surface area contributed by atoms with Crippen molar-refractivity contribution in [3.63, 3.8) is 0 Å². The second kappa shape index (κ2) is 6.20. The van der Waals surface area contributed by atoms with Crippen molar-refractivity contribution >= 4 is 6.09 Å². The number of nitrogens with zero attached hydrogens (tertiary/aromatic N) is 1. The molecule has 6 heteroatoms. The van der Waals surface area contributed by atoms with Gasteiger partial charge in [0.25, 0.3) is 0 Å². The number of piperidine rings is 1. The molecule has 1 aromatic carbocycles. The summed E-state index contributed by atoms with van der Waals surface area (Å²) in [5.41, 5.74) is 5.96. The maximum atomic E-state index is 13.4. The lowest BCUT2D eigenvalue weighted by atomic mass is 9.86. The summed E-state index contributed by atoms with van der Waals surface area (Å²) in [6, 6.07) is 3.11. The molecule has 0 aliphatic carbocycles. The number of nitrogens with two attached hydrogens (primary N) is 1. The van der Waals surface area contributed by atoms with Crippen LogP contribution in [0.4, 0.5) is 13.6 Å². The van der Waals surface area contributed by atoms with Gasteiger partial charge in [-0.15, -0.1) is 0 Å². The van der Waals surface area contributed by atoms with Gasteiger partial charge in [-0.25, -0.2) is 13.6 Å². The number of likely N-dealkylation sites (tertiary alicyclic amines) is 1. The van der Waals surface area contributed by atoms with Crippen LogP contribution in [-0.4, -0.2) is 35.7 Å². The van der Waals surface area contributed by atoms with E-state index in [2.05, 4.69) is 0 Å². The highest BCUT2D eigenvalue weighted by Gasteiger charge is 2.33. The number of halogens is 2. The van der Waals surface area contributed by atoms with E-state index in [0.29, 0.717) is 25.1 Å². The van der Waals surface area contributed by atoms with Gasteiger partial charge in [-0.3, -0.25) is 0 Å². The molecule has 1 aliphatic rings. The number of carbonyl (C=O) groups is 1. The van der Waals surface area contributed by atoms with E-state index in [1.807, 2.05) is 0 Å². The maximum absolute atomic E-state index is 13.4. The zero-order valence-electron chi connectivity index (χ0n) is 13.1. The summed E-state index contributed by atoms with van der Waals surface area (Å²) in [4.78, 5) is 13.7. The third-order valence-corrected chi connectivity index (χ3v) is 3.63. The van der Waals surface area contributed by atoms with Crippen molar-refractivity contribution in [3.8, 4) is 0 Å². The van der Waals surface area contributed by atoms with E-state index in [9.17, 15) is 13.6 Å². The summed E-state index contributed by atoms with van der Waals surface area (Å²) in [5.74, 6) is -1.60. The Labute approximate surface area is 129 Å². The van der Waals surface area contributed by atoms with E-state index in [4.69, 9.17) is 10.5 Å². The fourth-order valence-electron chi connectivity index (χ4n) is 2.60. The lowest BCUT2D eigenvalue weighted by Crippen LogP contribution is -2.49. The van der Waals surface area contributed by atoms with Crippen LogP contribution < -0.4 is 5.73 Å². The van der Waals surface area contributed by atoms with Gasteiger partial charge in [0.1, 0.15) is 17.2 Å². The van der Waals surface area contributed by atoms with E-state index in [-0.39, 0.29) is 12.0 Å². The first-order valence-electron chi connectivity index (χ1n) is 7.35. The average molecular weight is 312 g/mol. The molecule has 2 rings (SSSR count). The summed E-state index contributed by atoms with van der Waals surface area (Å²) in [7, 11) is 0. The zero-order valence-corrected chi connectivity index (χ0v) is 13.1. The number of carbonyl (C=O) groups excluding carboxylic acids is 1. The molecule has 1 fully saturated rings. The molecule has 0 spiro atoms. The fourth-order valence-corrected chi connectivity index (χ4v) is 2.60. The number of hydrogen-bond acceptors (Lipinski definition) is 3. The van der Waals surface area contributed by atoms with E-state index in [1.165, 1.54) is 12.1 Å². The van der Waals surface area contributed by atoms with E-state index < -0.39 is 23.3 Å². The summed E-state index contributed by atoms with van der Waals surface area (Å²) >= 11 is 0. The number of hydrogen-bond donors (Lipinski definition) is 1. The van der Waals surface area contributed by atoms with E-state index in [0.717, 1.165) is 6.07 Å². The molecule has 2 atom stereocenters. The topological polar surface area (TPSA) is 55.6 Å². The van der Waals surface area contributed by atoms with Crippen LogP contribution in [0.3, 0.4) is 0 Å². The molecule has 1 aromatic rings. The molecule has 1 amide bonds. The van der Waals surface area contributed by atoms with Gasteiger partial charge < -0.3 is 15.4 Å². The second-order valence-electron chi connectivity index (χ2n) is 6.69. The van der Waals surface area contributed by atoms with Crippen LogP contribution in [0, 0.1) is 11.6 Å². The molecule has 1 aliphatic heterocycles. The van der Waals surface area contributed by atoms with Crippen molar-refractivity contribution in [2.45, 2.75) is 44.8 Å². The Morgan fingerprint density at radius 1 is 1.27 bits per heavy atom. The number of ether oxygens (including phenoxy) is 1. The molecule has 4 nitrogen and oxygen atoms in total. The van der Waals surface area contributed by atoms with Crippen LogP contribution in [0.1, 0.15) is 38.7 Å². The van der Waals surface area contributed by atoms with Gasteiger partial charge in [0.2, 0.25) is 0 Å². The monoisotopic (exact) mass is 312 g/mol. The minimum atomic E-state index is -0.642. The second-order valence-corrected chi connectivity index (χ2v) is 6.69. The minimum Gasteiger partial charge on any atom is -0.444 e. The molecular formula is C16H22F2N2O2. The minimum absolute atomic E-state index is 0.250. The smallest absolute Gasteiger partial charge is 0.410 e. The van der Waals surface area contributed by atoms with Gasteiger partial charge >= 0.3 is 6.09 Å². The van der Waals surface area contributed by atoms with Gasteiger partial charge in [0.15, 0.2) is 0 Å². The Morgan fingerprint density at radius 3 is 2.41 bits per heavy atom. The molecule has 0 bridgehead atoms. The third kappa shape index (κ3) is 4.16. The van der Waals surface area contributed by atoms with Gasteiger partial charge in [-0.1, -0.05) is 0 Å². The summed E-state index contributed by atoms with van der Waals surface area (Å²) < 4.78 is 32.1. The van der Waals surface area contributed by atoms with Crippen molar-refractivity contribution in [2.24, 2.45) is 5.73 Å². The molecule has 2 N–H and O–H groups in total. The van der Waals surface area contributed by atoms with Gasteiger partial charge in [-0.05, 0) is 44.9 Å². The Hall–Kier alpha value is -1.69. The number of rotatable bonds is 1. The lowest BCUT2D eigenvalue weighted by molar-refractivity contribution is 0.0186. The van der Waals surface area contributed by atoms with Crippen molar-refractivity contribution in [2.75, 3.05) is 13.1 Å². The van der Waals surface area contributed by atoms with Crippen LogP contribution in [0.5, 0.6) is 0 Å². The van der Waals surface area contributed by atoms with Crippen LogP contribution >= 0.6 is 0 Å². The van der Waals surface area contributed by atoms with Crippen LogP contribution in [0.25, 0.3) is 0 Å². The summed E-state index contributed by atoms with van der Waals surface area (Å²) in [5, 5.41) is 0. The molecule has 122 valence electrons. The van der Waals surface area contributed by atoms with Crippen molar-refractivity contribution in [1.29, 1.82) is 0 Å². The summed E-state index contributed by atoms with van der Waals surface area (Å²) in [6.07, 6.45) is 0.128. The van der Waals surface area contributed by atoms with Crippen molar-refractivity contribution < 1.29 is 18.3 Å². The first kappa shape index (κ1) is 16.7. The lowest BCUT2D eigenvalue weighted by Gasteiger charge is -2.37. The normalized spacial score (nSPS) is 22.5. The largest absolute Gasteiger partial charge is 0.444 e. The highest BCUT2D eigenvalue weighted by atomic mass is 19.1. The zero-order chi connectivity index (χ0) is 16.5.